The summed E-state index contributed by atoms with van der Waals surface area (Å²) in [7, 11) is 1.87. The lowest BCUT2D eigenvalue weighted by Gasteiger charge is -2.24. The number of ether oxygens (including phenoxy) is 3. The van der Waals surface area contributed by atoms with E-state index >= 15 is 0 Å². The van der Waals surface area contributed by atoms with Gasteiger partial charge in [0.2, 0.25) is 12.7 Å². The third-order valence-corrected chi connectivity index (χ3v) is 4.53. The van der Waals surface area contributed by atoms with Crippen LogP contribution in [0.3, 0.4) is 0 Å². The molecule has 26 heavy (non-hydrogen) atoms. The van der Waals surface area contributed by atoms with Gasteiger partial charge >= 0.3 is 0 Å². The fourth-order valence-electron chi connectivity index (χ4n) is 2.48. The summed E-state index contributed by atoms with van der Waals surface area (Å²) in [4.78, 5) is 14.4. The molecule has 1 aliphatic rings. The van der Waals surface area contributed by atoms with Crippen LogP contribution in [0.4, 0.5) is 5.69 Å². The summed E-state index contributed by atoms with van der Waals surface area (Å²) in [5, 5.41) is 3.46. The summed E-state index contributed by atoms with van der Waals surface area (Å²) in [6.07, 6.45) is 0. The van der Waals surface area contributed by atoms with Crippen molar-refractivity contribution in [3.8, 4) is 17.2 Å². The normalized spacial score (nSPS) is 13.5. The first-order valence-corrected chi connectivity index (χ1v) is 8.70. The Bertz CT molecular complexity index is 784. The number of fused-ring (bicyclic) bond motifs is 1. The molecule has 0 spiro atoms. The van der Waals surface area contributed by atoms with Gasteiger partial charge in [-0.25, -0.2) is 0 Å². The van der Waals surface area contributed by atoms with Crippen molar-refractivity contribution in [1.29, 1.82) is 0 Å². The third-order valence-electron chi connectivity index (χ3n) is 4.22. The van der Waals surface area contributed by atoms with E-state index in [-0.39, 0.29) is 18.7 Å². The van der Waals surface area contributed by atoms with Crippen molar-refractivity contribution in [3.63, 3.8) is 0 Å². The summed E-state index contributed by atoms with van der Waals surface area (Å²) >= 11 is 6.06. The highest BCUT2D eigenvalue weighted by Crippen LogP contribution is 2.34. The first-order chi connectivity index (χ1) is 12.5. The van der Waals surface area contributed by atoms with Crippen molar-refractivity contribution < 1.29 is 19.0 Å². The van der Waals surface area contributed by atoms with Crippen LogP contribution in [0, 0.1) is 0 Å². The number of hydrogen-bond acceptors (Lipinski definition) is 5. The molecule has 0 fully saturated rings. The molecular weight excluding hydrogens is 356 g/mol. The Hall–Kier alpha value is -2.44. The fourth-order valence-corrected chi connectivity index (χ4v) is 2.67. The van der Waals surface area contributed by atoms with Gasteiger partial charge in [-0.15, -0.1) is 0 Å². The zero-order valence-corrected chi connectivity index (χ0v) is 15.5. The highest BCUT2D eigenvalue weighted by atomic mass is 35.5. The van der Waals surface area contributed by atoms with E-state index in [1.165, 1.54) is 0 Å². The molecule has 0 aliphatic carbocycles. The van der Waals surface area contributed by atoms with Crippen molar-refractivity contribution in [2.75, 3.05) is 32.3 Å². The van der Waals surface area contributed by atoms with Crippen molar-refractivity contribution in [2.45, 2.75) is 13.0 Å². The summed E-state index contributed by atoms with van der Waals surface area (Å²) in [5.74, 6) is 1.85. The van der Waals surface area contributed by atoms with Gasteiger partial charge in [0.1, 0.15) is 12.4 Å². The SMILES string of the molecule is CC(C(=O)Nc1ccc2c(c1)OCO2)N(C)CCOc1ccccc1Cl. The molecule has 0 saturated heterocycles. The van der Waals surface area contributed by atoms with Crippen LogP contribution in [0.15, 0.2) is 42.5 Å². The molecule has 0 radical (unpaired) electrons. The van der Waals surface area contributed by atoms with Gasteiger partial charge in [-0.3, -0.25) is 9.69 Å². The maximum atomic E-state index is 12.5. The van der Waals surface area contributed by atoms with Crippen LogP contribution in [-0.2, 0) is 4.79 Å². The van der Waals surface area contributed by atoms with Crippen molar-refractivity contribution >= 4 is 23.2 Å². The molecule has 0 aromatic heterocycles. The van der Waals surface area contributed by atoms with E-state index in [9.17, 15) is 4.79 Å². The van der Waals surface area contributed by atoms with Gasteiger partial charge in [-0.2, -0.15) is 0 Å². The quantitative estimate of drug-likeness (QED) is 0.802. The Morgan fingerprint density at radius 2 is 2.04 bits per heavy atom. The number of nitrogens with one attached hydrogen (secondary N) is 1. The maximum Gasteiger partial charge on any atom is 0.241 e. The highest BCUT2D eigenvalue weighted by Gasteiger charge is 2.20. The molecule has 7 heteroatoms. The van der Waals surface area contributed by atoms with E-state index in [1.54, 1.807) is 24.3 Å². The third kappa shape index (κ3) is 4.39. The summed E-state index contributed by atoms with van der Waals surface area (Å²) < 4.78 is 16.3. The number of carbonyl (C=O) groups is 1. The minimum atomic E-state index is -0.324. The average Bonchev–Trinajstić information content (AvgIpc) is 3.10. The van der Waals surface area contributed by atoms with Crippen LogP contribution >= 0.6 is 11.6 Å². The van der Waals surface area contributed by atoms with Crippen LogP contribution in [0.5, 0.6) is 17.2 Å². The molecule has 2 aromatic carbocycles. The molecule has 3 rings (SSSR count). The number of halogens is 1. The second kappa shape index (κ2) is 8.29. The Morgan fingerprint density at radius 3 is 2.85 bits per heavy atom. The second-order valence-electron chi connectivity index (χ2n) is 5.99. The molecule has 1 unspecified atom stereocenters. The van der Waals surface area contributed by atoms with Crippen LogP contribution in [-0.4, -0.2) is 43.8 Å². The molecular formula is C19H21ClN2O4. The highest BCUT2D eigenvalue weighted by molar-refractivity contribution is 6.32. The van der Waals surface area contributed by atoms with Crippen molar-refractivity contribution in [3.05, 3.63) is 47.5 Å². The Labute approximate surface area is 157 Å². The smallest absolute Gasteiger partial charge is 0.241 e. The second-order valence-corrected chi connectivity index (χ2v) is 6.40. The van der Waals surface area contributed by atoms with Gasteiger partial charge in [-0.05, 0) is 38.2 Å². The number of nitrogens with zero attached hydrogens (tertiary/aromatic N) is 1. The lowest BCUT2D eigenvalue weighted by Crippen LogP contribution is -2.41. The molecule has 138 valence electrons. The first kappa shape index (κ1) is 18.4. The van der Waals surface area contributed by atoms with Crippen LogP contribution in [0.25, 0.3) is 0 Å². The van der Waals surface area contributed by atoms with Gasteiger partial charge in [0, 0.05) is 18.3 Å². The lowest BCUT2D eigenvalue weighted by molar-refractivity contribution is -0.120. The van der Waals surface area contributed by atoms with Crippen LogP contribution in [0.2, 0.25) is 5.02 Å². The molecule has 0 saturated carbocycles. The monoisotopic (exact) mass is 376 g/mol. The van der Waals surface area contributed by atoms with Crippen molar-refractivity contribution in [2.24, 2.45) is 0 Å². The topological polar surface area (TPSA) is 60.0 Å². The number of para-hydroxylation sites is 1. The van der Waals surface area contributed by atoms with E-state index in [1.807, 2.05) is 37.1 Å². The van der Waals surface area contributed by atoms with Gasteiger partial charge in [0.25, 0.3) is 0 Å². The molecule has 2 aromatic rings. The van der Waals surface area contributed by atoms with E-state index < -0.39 is 0 Å². The minimum Gasteiger partial charge on any atom is -0.491 e. The van der Waals surface area contributed by atoms with Gasteiger partial charge < -0.3 is 19.5 Å². The van der Waals surface area contributed by atoms with Crippen LogP contribution < -0.4 is 19.5 Å². The van der Waals surface area contributed by atoms with E-state index in [0.717, 1.165) is 0 Å². The maximum absolute atomic E-state index is 12.5. The molecule has 1 aliphatic heterocycles. The Morgan fingerprint density at radius 1 is 1.27 bits per heavy atom. The summed E-state index contributed by atoms with van der Waals surface area (Å²) in [6.45, 7) is 3.07. The van der Waals surface area contributed by atoms with E-state index in [0.29, 0.717) is 41.1 Å². The molecule has 1 atom stereocenters. The van der Waals surface area contributed by atoms with E-state index in [4.69, 9.17) is 25.8 Å². The fraction of sp³-hybridized carbons (Fsp3) is 0.316. The lowest BCUT2D eigenvalue weighted by atomic mass is 10.2. The van der Waals surface area contributed by atoms with Gasteiger partial charge in [-0.1, -0.05) is 23.7 Å². The largest absolute Gasteiger partial charge is 0.491 e. The number of anilines is 1. The number of hydrogen-bond donors (Lipinski definition) is 1. The minimum absolute atomic E-state index is 0.107. The Balaban J connectivity index is 1.49. The summed E-state index contributed by atoms with van der Waals surface area (Å²) in [5.41, 5.74) is 0.673. The molecule has 1 N–H and O–H groups in total. The number of benzene rings is 2. The number of rotatable bonds is 7. The zero-order chi connectivity index (χ0) is 18.5. The summed E-state index contributed by atoms with van der Waals surface area (Å²) in [6, 6.07) is 12.3. The number of amides is 1. The zero-order valence-electron chi connectivity index (χ0n) is 14.7. The average molecular weight is 377 g/mol. The van der Waals surface area contributed by atoms with Crippen molar-refractivity contribution in [1.82, 2.24) is 4.90 Å². The molecule has 0 bridgehead atoms. The first-order valence-electron chi connectivity index (χ1n) is 8.32. The molecule has 6 nitrogen and oxygen atoms in total. The van der Waals surface area contributed by atoms with Gasteiger partial charge in [0.05, 0.1) is 11.1 Å². The standard InChI is InChI=1S/C19H21ClN2O4/c1-13(22(2)9-10-24-16-6-4-3-5-15(16)20)19(23)21-14-7-8-17-18(11-14)26-12-25-17/h3-8,11,13H,9-10,12H2,1-2H3,(H,21,23). The van der Waals surface area contributed by atoms with Crippen LogP contribution in [0.1, 0.15) is 6.92 Å². The Kier molecular flexibility index (Phi) is 5.85. The van der Waals surface area contributed by atoms with E-state index in [2.05, 4.69) is 5.32 Å². The van der Waals surface area contributed by atoms with Gasteiger partial charge in [0.15, 0.2) is 11.5 Å². The predicted octanol–water partition coefficient (Wildman–Crippen LogP) is 3.41. The molecule has 1 heterocycles. The molecule has 1 amide bonds. The predicted molar refractivity (Wildman–Crippen MR) is 100 cm³/mol. The number of carbonyl (C=O) groups excluding carboxylic acids is 1. The number of likely N-dealkylation sites (N-methyl/N-ethyl adjacent to an activating group) is 1.